The Morgan fingerprint density at radius 2 is 2.25 bits per heavy atom. The van der Waals surface area contributed by atoms with Crippen LogP contribution in [0, 0.1) is 0 Å². The number of rotatable bonds is 1. The molecule has 0 saturated heterocycles. The first-order valence-corrected chi connectivity index (χ1v) is 4.15. The summed E-state index contributed by atoms with van der Waals surface area (Å²) in [6.07, 6.45) is 3.25. The molecule has 2 rings (SSSR count). The van der Waals surface area contributed by atoms with Crippen molar-refractivity contribution < 1.29 is 5.11 Å². The van der Waals surface area contributed by atoms with Crippen molar-refractivity contribution >= 4 is 5.69 Å². The fourth-order valence-electron chi connectivity index (χ4n) is 1.52. The maximum Gasteiger partial charge on any atom is 0.0553 e. The zero-order valence-corrected chi connectivity index (χ0v) is 6.77. The SMILES string of the molecule is Nc1ccnc(C2CC(O)C2)c1. The van der Waals surface area contributed by atoms with Crippen molar-refractivity contribution in [1.29, 1.82) is 0 Å². The highest BCUT2D eigenvalue weighted by molar-refractivity contribution is 5.38. The van der Waals surface area contributed by atoms with E-state index >= 15 is 0 Å². The second-order valence-electron chi connectivity index (χ2n) is 3.34. The monoisotopic (exact) mass is 164 g/mol. The number of nitrogens with two attached hydrogens (primary N) is 1. The van der Waals surface area contributed by atoms with Crippen LogP contribution in [0.1, 0.15) is 24.5 Å². The molecule has 1 heterocycles. The maximum absolute atomic E-state index is 9.09. The molecule has 12 heavy (non-hydrogen) atoms. The van der Waals surface area contributed by atoms with Gasteiger partial charge in [0, 0.05) is 23.5 Å². The van der Waals surface area contributed by atoms with Gasteiger partial charge < -0.3 is 10.8 Å². The summed E-state index contributed by atoms with van der Waals surface area (Å²) in [6, 6.07) is 3.66. The van der Waals surface area contributed by atoms with Gasteiger partial charge >= 0.3 is 0 Å². The van der Waals surface area contributed by atoms with E-state index in [2.05, 4.69) is 4.98 Å². The van der Waals surface area contributed by atoms with Gasteiger partial charge in [0.1, 0.15) is 0 Å². The van der Waals surface area contributed by atoms with Gasteiger partial charge in [-0.1, -0.05) is 0 Å². The Bertz CT molecular complexity index is 282. The predicted octanol–water partition coefficient (Wildman–Crippen LogP) is 0.902. The van der Waals surface area contributed by atoms with E-state index in [1.807, 2.05) is 6.07 Å². The zero-order chi connectivity index (χ0) is 8.55. The molecule has 1 fully saturated rings. The lowest BCUT2D eigenvalue weighted by Gasteiger charge is -2.30. The summed E-state index contributed by atoms with van der Waals surface area (Å²) in [5.74, 6) is 0.420. The summed E-state index contributed by atoms with van der Waals surface area (Å²) in [5.41, 5.74) is 7.37. The molecule has 1 aliphatic rings. The molecule has 64 valence electrons. The number of aliphatic hydroxyl groups is 1. The highest BCUT2D eigenvalue weighted by Gasteiger charge is 2.29. The molecule has 3 nitrogen and oxygen atoms in total. The van der Waals surface area contributed by atoms with Crippen LogP contribution in [0.3, 0.4) is 0 Å². The fourth-order valence-corrected chi connectivity index (χ4v) is 1.52. The molecule has 0 atom stereocenters. The highest BCUT2D eigenvalue weighted by atomic mass is 16.3. The summed E-state index contributed by atoms with van der Waals surface area (Å²) in [7, 11) is 0. The Labute approximate surface area is 71.2 Å². The van der Waals surface area contributed by atoms with Gasteiger partial charge in [-0.15, -0.1) is 0 Å². The first-order chi connectivity index (χ1) is 5.75. The second-order valence-corrected chi connectivity index (χ2v) is 3.34. The lowest BCUT2D eigenvalue weighted by atomic mass is 9.80. The predicted molar refractivity (Wildman–Crippen MR) is 46.6 cm³/mol. The Hall–Kier alpha value is -1.09. The molecule has 0 aliphatic heterocycles. The average Bonchev–Trinajstić information content (AvgIpc) is 1.99. The molecular weight excluding hydrogens is 152 g/mol. The lowest BCUT2D eigenvalue weighted by Crippen LogP contribution is -2.27. The van der Waals surface area contributed by atoms with Crippen molar-refractivity contribution in [3.8, 4) is 0 Å². The summed E-state index contributed by atoms with van der Waals surface area (Å²) in [6.45, 7) is 0. The normalized spacial score (nSPS) is 28.1. The molecular formula is C9H12N2O. The van der Waals surface area contributed by atoms with E-state index in [1.54, 1.807) is 12.3 Å². The van der Waals surface area contributed by atoms with Crippen LogP contribution in [0.5, 0.6) is 0 Å². The van der Waals surface area contributed by atoms with Gasteiger partial charge in [-0.25, -0.2) is 0 Å². The zero-order valence-electron chi connectivity index (χ0n) is 6.77. The average molecular weight is 164 g/mol. The Morgan fingerprint density at radius 3 is 2.83 bits per heavy atom. The van der Waals surface area contributed by atoms with Crippen LogP contribution in [-0.4, -0.2) is 16.2 Å². The highest BCUT2D eigenvalue weighted by Crippen LogP contribution is 2.35. The van der Waals surface area contributed by atoms with Crippen LogP contribution < -0.4 is 5.73 Å². The second kappa shape index (κ2) is 2.75. The van der Waals surface area contributed by atoms with Gasteiger partial charge in [0.05, 0.1) is 6.10 Å². The molecule has 1 aromatic heterocycles. The van der Waals surface area contributed by atoms with Crippen LogP contribution in [-0.2, 0) is 0 Å². The van der Waals surface area contributed by atoms with Crippen LogP contribution in [0.4, 0.5) is 5.69 Å². The minimum absolute atomic E-state index is 0.127. The number of nitrogen functional groups attached to an aromatic ring is 1. The summed E-state index contributed by atoms with van der Waals surface area (Å²) >= 11 is 0. The molecule has 3 N–H and O–H groups in total. The van der Waals surface area contributed by atoms with Crippen molar-refractivity contribution in [3.63, 3.8) is 0 Å². The molecule has 0 bridgehead atoms. The quantitative estimate of drug-likeness (QED) is 0.648. The molecule has 3 heteroatoms. The van der Waals surface area contributed by atoms with Gasteiger partial charge in [-0.3, -0.25) is 4.98 Å². The maximum atomic E-state index is 9.09. The van der Waals surface area contributed by atoms with Crippen molar-refractivity contribution in [2.24, 2.45) is 0 Å². The van der Waals surface area contributed by atoms with Gasteiger partial charge in [-0.05, 0) is 25.0 Å². The number of hydrogen-bond donors (Lipinski definition) is 2. The number of pyridine rings is 1. The van der Waals surface area contributed by atoms with Crippen molar-refractivity contribution in [2.75, 3.05) is 5.73 Å². The van der Waals surface area contributed by atoms with E-state index in [9.17, 15) is 0 Å². The number of aromatic nitrogens is 1. The molecule has 0 spiro atoms. The summed E-state index contributed by atoms with van der Waals surface area (Å²) in [5, 5.41) is 9.09. The standard InChI is InChI=1S/C9H12N2O/c10-7-1-2-11-9(5-7)6-3-8(12)4-6/h1-2,5-6,8,12H,3-4H2,(H2,10,11). The Morgan fingerprint density at radius 1 is 1.50 bits per heavy atom. The number of anilines is 1. The van der Waals surface area contributed by atoms with E-state index in [-0.39, 0.29) is 6.10 Å². The van der Waals surface area contributed by atoms with Crippen LogP contribution in [0.25, 0.3) is 0 Å². The van der Waals surface area contributed by atoms with Gasteiger partial charge in [0.25, 0.3) is 0 Å². The first kappa shape index (κ1) is 7.55. The molecule has 1 saturated carbocycles. The largest absolute Gasteiger partial charge is 0.399 e. The fraction of sp³-hybridized carbons (Fsp3) is 0.444. The van der Waals surface area contributed by atoms with Gasteiger partial charge in [-0.2, -0.15) is 0 Å². The molecule has 0 amide bonds. The third-order valence-electron chi connectivity index (χ3n) is 2.34. The van der Waals surface area contributed by atoms with Gasteiger partial charge in [0.2, 0.25) is 0 Å². The molecule has 1 aromatic rings. The Kier molecular flexibility index (Phi) is 1.73. The number of hydrogen-bond acceptors (Lipinski definition) is 3. The van der Waals surface area contributed by atoms with E-state index in [0.717, 1.165) is 24.2 Å². The molecule has 0 unspecified atom stereocenters. The third kappa shape index (κ3) is 1.28. The van der Waals surface area contributed by atoms with Crippen molar-refractivity contribution in [3.05, 3.63) is 24.0 Å². The Balaban J connectivity index is 2.13. The summed E-state index contributed by atoms with van der Waals surface area (Å²) < 4.78 is 0. The molecule has 1 aliphatic carbocycles. The van der Waals surface area contributed by atoms with Crippen LogP contribution in [0.2, 0.25) is 0 Å². The van der Waals surface area contributed by atoms with E-state index < -0.39 is 0 Å². The lowest BCUT2D eigenvalue weighted by molar-refractivity contribution is 0.0732. The van der Waals surface area contributed by atoms with Crippen molar-refractivity contribution in [1.82, 2.24) is 4.98 Å². The van der Waals surface area contributed by atoms with E-state index in [0.29, 0.717) is 5.92 Å². The van der Waals surface area contributed by atoms with E-state index in [1.165, 1.54) is 0 Å². The minimum Gasteiger partial charge on any atom is -0.399 e. The minimum atomic E-state index is -0.127. The third-order valence-corrected chi connectivity index (χ3v) is 2.34. The summed E-state index contributed by atoms with van der Waals surface area (Å²) in [4.78, 5) is 4.20. The van der Waals surface area contributed by atoms with Crippen LogP contribution >= 0.6 is 0 Å². The smallest absolute Gasteiger partial charge is 0.0553 e. The van der Waals surface area contributed by atoms with Crippen molar-refractivity contribution in [2.45, 2.75) is 24.9 Å². The van der Waals surface area contributed by atoms with Crippen LogP contribution in [0.15, 0.2) is 18.3 Å². The van der Waals surface area contributed by atoms with E-state index in [4.69, 9.17) is 10.8 Å². The number of nitrogens with zero attached hydrogens (tertiary/aromatic N) is 1. The molecule has 0 aromatic carbocycles. The number of aliphatic hydroxyl groups excluding tert-OH is 1. The van der Waals surface area contributed by atoms with Gasteiger partial charge in [0.15, 0.2) is 0 Å². The molecule has 0 radical (unpaired) electrons. The topological polar surface area (TPSA) is 59.1 Å². The first-order valence-electron chi connectivity index (χ1n) is 4.15.